The molecule has 0 aliphatic carbocycles. The highest BCUT2D eigenvalue weighted by Crippen LogP contribution is 2.33. The lowest BCUT2D eigenvalue weighted by Gasteiger charge is -2.36. The Bertz CT molecular complexity index is 1210. The molecular formula is C24H22ClN5O. The summed E-state index contributed by atoms with van der Waals surface area (Å²) in [6, 6.07) is 17.0. The summed E-state index contributed by atoms with van der Waals surface area (Å²) in [5.41, 5.74) is 2.66. The van der Waals surface area contributed by atoms with Crippen LogP contribution in [0.15, 0.2) is 67.0 Å². The fourth-order valence-corrected chi connectivity index (χ4v) is 4.14. The number of phenolic OH excluding ortho intramolecular Hbond substituents is 1. The van der Waals surface area contributed by atoms with Gasteiger partial charge in [-0.3, -0.25) is 9.88 Å². The molecule has 0 amide bonds. The van der Waals surface area contributed by atoms with Crippen LogP contribution < -0.4 is 4.90 Å². The molecule has 7 heteroatoms. The minimum absolute atomic E-state index is 0.164. The van der Waals surface area contributed by atoms with E-state index in [1.165, 1.54) is 5.56 Å². The summed E-state index contributed by atoms with van der Waals surface area (Å²) in [6.45, 7) is 4.51. The topological polar surface area (TPSA) is 65.4 Å². The second-order valence-electron chi connectivity index (χ2n) is 7.67. The third kappa shape index (κ3) is 4.17. The van der Waals surface area contributed by atoms with E-state index in [0.717, 1.165) is 49.4 Å². The fourth-order valence-electron chi connectivity index (χ4n) is 3.97. The second kappa shape index (κ2) is 8.49. The van der Waals surface area contributed by atoms with Gasteiger partial charge in [-0.15, -0.1) is 0 Å². The summed E-state index contributed by atoms with van der Waals surface area (Å²) in [7, 11) is 0. The van der Waals surface area contributed by atoms with Crippen molar-refractivity contribution in [3.8, 4) is 17.1 Å². The number of nitrogens with zero attached hydrogens (tertiary/aromatic N) is 5. The predicted octanol–water partition coefficient (Wildman–Crippen LogP) is 4.37. The van der Waals surface area contributed by atoms with Crippen molar-refractivity contribution in [3.05, 3.63) is 77.6 Å². The van der Waals surface area contributed by atoms with Crippen molar-refractivity contribution in [1.82, 2.24) is 19.9 Å². The third-order valence-corrected chi connectivity index (χ3v) is 5.85. The van der Waals surface area contributed by atoms with Gasteiger partial charge in [0.05, 0.1) is 11.1 Å². The Labute approximate surface area is 185 Å². The molecule has 0 bridgehead atoms. The maximum atomic E-state index is 10.3. The molecule has 1 fully saturated rings. The number of aromatic nitrogens is 3. The quantitative estimate of drug-likeness (QED) is 0.517. The average Bonchev–Trinajstić information content (AvgIpc) is 2.80. The molecule has 0 unspecified atom stereocenters. The Morgan fingerprint density at radius 3 is 2.45 bits per heavy atom. The zero-order valence-corrected chi connectivity index (χ0v) is 17.7. The molecule has 1 aliphatic rings. The van der Waals surface area contributed by atoms with Crippen LogP contribution in [0.3, 0.4) is 0 Å². The lowest BCUT2D eigenvalue weighted by molar-refractivity contribution is 0.249. The van der Waals surface area contributed by atoms with E-state index < -0.39 is 0 Å². The first-order chi connectivity index (χ1) is 15.2. The molecule has 4 aromatic rings. The Kier molecular flexibility index (Phi) is 5.40. The number of phenols is 1. The number of anilines is 1. The standard InChI is InChI=1S/C24H22ClN5O/c25-18-5-6-19-21(15-18)27-23(20-3-1-2-4-22(20)31)28-24(19)30-13-11-29(12-14-30)16-17-7-9-26-10-8-17/h1-10,15,31H,11-14,16H2. The van der Waals surface area contributed by atoms with E-state index in [4.69, 9.17) is 21.6 Å². The van der Waals surface area contributed by atoms with Gasteiger partial charge >= 0.3 is 0 Å². The average molecular weight is 432 g/mol. The molecule has 0 spiro atoms. The number of hydrogen-bond acceptors (Lipinski definition) is 6. The number of benzene rings is 2. The number of hydrogen-bond donors (Lipinski definition) is 1. The van der Waals surface area contributed by atoms with Crippen molar-refractivity contribution >= 4 is 28.3 Å². The summed E-state index contributed by atoms with van der Waals surface area (Å²) in [6.07, 6.45) is 3.68. The SMILES string of the molecule is Oc1ccccc1-c1nc(N2CCN(Cc3ccncc3)CC2)c2ccc(Cl)cc2n1. The van der Waals surface area contributed by atoms with Crippen LogP contribution in [0.5, 0.6) is 5.75 Å². The van der Waals surface area contributed by atoms with Crippen LogP contribution in [0, 0.1) is 0 Å². The molecule has 1 saturated heterocycles. The molecule has 0 saturated carbocycles. The largest absolute Gasteiger partial charge is 0.507 e. The lowest BCUT2D eigenvalue weighted by Crippen LogP contribution is -2.46. The van der Waals surface area contributed by atoms with E-state index in [-0.39, 0.29) is 5.75 Å². The van der Waals surface area contributed by atoms with E-state index in [9.17, 15) is 5.11 Å². The monoisotopic (exact) mass is 431 g/mol. The van der Waals surface area contributed by atoms with Crippen LogP contribution in [0.4, 0.5) is 5.82 Å². The molecule has 156 valence electrons. The number of aromatic hydroxyl groups is 1. The first-order valence-electron chi connectivity index (χ1n) is 10.3. The number of halogens is 1. The summed E-state index contributed by atoms with van der Waals surface area (Å²) in [5.74, 6) is 1.54. The van der Waals surface area contributed by atoms with Crippen LogP contribution in [-0.2, 0) is 6.54 Å². The zero-order chi connectivity index (χ0) is 21.2. The van der Waals surface area contributed by atoms with Crippen LogP contribution in [0.1, 0.15) is 5.56 Å². The normalized spacial score (nSPS) is 14.8. The van der Waals surface area contributed by atoms with Crippen molar-refractivity contribution in [2.45, 2.75) is 6.54 Å². The van der Waals surface area contributed by atoms with Crippen molar-refractivity contribution in [3.63, 3.8) is 0 Å². The van der Waals surface area contributed by atoms with Gasteiger partial charge in [-0.25, -0.2) is 9.97 Å². The van der Waals surface area contributed by atoms with E-state index in [1.807, 2.05) is 42.7 Å². The summed E-state index contributed by atoms with van der Waals surface area (Å²) < 4.78 is 0. The lowest BCUT2D eigenvalue weighted by atomic mass is 10.1. The minimum atomic E-state index is 0.164. The van der Waals surface area contributed by atoms with Gasteiger partial charge < -0.3 is 10.0 Å². The van der Waals surface area contributed by atoms with Crippen molar-refractivity contribution in [1.29, 1.82) is 0 Å². The third-order valence-electron chi connectivity index (χ3n) is 5.61. The van der Waals surface area contributed by atoms with E-state index >= 15 is 0 Å². The minimum Gasteiger partial charge on any atom is -0.507 e. The van der Waals surface area contributed by atoms with Gasteiger partial charge in [-0.05, 0) is 48.0 Å². The molecule has 5 rings (SSSR count). The Balaban J connectivity index is 1.46. The maximum absolute atomic E-state index is 10.3. The Morgan fingerprint density at radius 1 is 0.903 bits per heavy atom. The zero-order valence-electron chi connectivity index (χ0n) is 16.9. The summed E-state index contributed by atoms with van der Waals surface area (Å²) in [4.78, 5) is 18.4. The van der Waals surface area contributed by atoms with E-state index in [2.05, 4.69) is 26.9 Å². The Morgan fingerprint density at radius 2 is 1.68 bits per heavy atom. The van der Waals surface area contributed by atoms with Gasteiger partial charge in [0.1, 0.15) is 11.6 Å². The van der Waals surface area contributed by atoms with Crippen molar-refractivity contribution < 1.29 is 5.11 Å². The van der Waals surface area contributed by atoms with E-state index in [1.54, 1.807) is 12.1 Å². The molecule has 2 aromatic heterocycles. The molecule has 0 radical (unpaired) electrons. The summed E-state index contributed by atoms with van der Waals surface area (Å²) >= 11 is 6.25. The highest BCUT2D eigenvalue weighted by molar-refractivity contribution is 6.31. The molecule has 6 nitrogen and oxygen atoms in total. The molecule has 1 N–H and O–H groups in total. The van der Waals surface area contributed by atoms with Crippen LogP contribution >= 0.6 is 11.6 Å². The number of fused-ring (bicyclic) bond motifs is 1. The first kappa shape index (κ1) is 19.7. The maximum Gasteiger partial charge on any atom is 0.165 e. The van der Waals surface area contributed by atoms with E-state index in [0.29, 0.717) is 16.4 Å². The van der Waals surface area contributed by atoms with Crippen LogP contribution in [0.25, 0.3) is 22.3 Å². The van der Waals surface area contributed by atoms with Gasteiger partial charge in [0.15, 0.2) is 5.82 Å². The number of pyridine rings is 1. The highest BCUT2D eigenvalue weighted by atomic mass is 35.5. The molecule has 2 aromatic carbocycles. The second-order valence-corrected chi connectivity index (χ2v) is 8.10. The molecule has 1 aliphatic heterocycles. The molecular weight excluding hydrogens is 410 g/mol. The molecule has 31 heavy (non-hydrogen) atoms. The van der Waals surface area contributed by atoms with Gasteiger partial charge in [-0.1, -0.05) is 23.7 Å². The number of rotatable bonds is 4. The van der Waals surface area contributed by atoms with Gasteiger partial charge in [-0.2, -0.15) is 0 Å². The van der Waals surface area contributed by atoms with Crippen LogP contribution in [0.2, 0.25) is 5.02 Å². The predicted molar refractivity (Wildman–Crippen MR) is 123 cm³/mol. The smallest absolute Gasteiger partial charge is 0.165 e. The van der Waals surface area contributed by atoms with Gasteiger partial charge in [0.25, 0.3) is 0 Å². The van der Waals surface area contributed by atoms with Crippen molar-refractivity contribution in [2.75, 3.05) is 31.1 Å². The fraction of sp³-hybridized carbons (Fsp3) is 0.208. The van der Waals surface area contributed by atoms with Gasteiger partial charge in [0, 0.05) is 55.5 Å². The summed E-state index contributed by atoms with van der Waals surface area (Å²) in [5, 5.41) is 11.9. The first-order valence-corrected chi connectivity index (χ1v) is 10.7. The highest BCUT2D eigenvalue weighted by Gasteiger charge is 2.22. The number of para-hydroxylation sites is 1. The van der Waals surface area contributed by atoms with Gasteiger partial charge in [0.2, 0.25) is 0 Å². The van der Waals surface area contributed by atoms with Crippen LogP contribution in [-0.4, -0.2) is 51.1 Å². The molecule has 0 atom stereocenters. The number of piperazine rings is 1. The molecule has 3 heterocycles. The van der Waals surface area contributed by atoms with Crippen molar-refractivity contribution in [2.24, 2.45) is 0 Å². The Hall–Kier alpha value is -3.22.